The van der Waals surface area contributed by atoms with Crippen LogP contribution in [0.3, 0.4) is 0 Å². The molecule has 0 rings (SSSR count). The molecular weight excluding hydrogens is 126 g/mol. The minimum atomic E-state index is -0.00917. The van der Waals surface area contributed by atoms with Crippen LogP contribution in [0.4, 0.5) is 0 Å². The highest BCUT2D eigenvalue weighted by Crippen LogP contribution is 2.05. The first-order valence-corrected chi connectivity index (χ1v) is 3.97. The van der Waals surface area contributed by atoms with Gasteiger partial charge in [-0.2, -0.15) is 0 Å². The molecule has 0 spiro atoms. The lowest BCUT2D eigenvalue weighted by atomic mass is 10.1. The largest absolute Gasteiger partial charge is 0.375 e. The van der Waals surface area contributed by atoms with Crippen molar-refractivity contribution >= 4 is 0 Å². The number of hydrogen-bond donors (Lipinski definition) is 1. The second-order valence-electron chi connectivity index (χ2n) is 2.97. The van der Waals surface area contributed by atoms with E-state index in [4.69, 9.17) is 4.74 Å². The van der Waals surface area contributed by atoms with Gasteiger partial charge in [0.2, 0.25) is 0 Å². The van der Waals surface area contributed by atoms with Crippen LogP contribution in [0.5, 0.6) is 0 Å². The molecule has 1 N–H and O–H groups in total. The monoisotopic (exact) mass is 145 g/mol. The summed E-state index contributed by atoms with van der Waals surface area (Å²) in [6.07, 6.45) is 0. The van der Waals surface area contributed by atoms with E-state index in [-0.39, 0.29) is 5.60 Å². The van der Waals surface area contributed by atoms with E-state index in [0.29, 0.717) is 0 Å². The predicted molar refractivity (Wildman–Crippen MR) is 44.2 cm³/mol. The summed E-state index contributed by atoms with van der Waals surface area (Å²) in [7, 11) is 0. The molecule has 0 unspecified atom stereocenters. The van der Waals surface area contributed by atoms with E-state index in [1.54, 1.807) is 0 Å². The van der Waals surface area contributed by atoms with Crippen molar-refractivity contribution in [2.75, 3.05) is 19.7 Å². The van der Waals surface area contributed by atoms with Gasteiger partial charge in [0.15, 0.2) is 0 Å². The van der Waals surface area contributed by atoms with Gasteiger partial charge in [-0.15, -0.1) is 0 Å². The summed E-state index contributed by atoms with van der Waals surface area (Å²) in [5.41, 5.74) is -0.00917. The third-order valence-electron chi connectivity index (χ3n) is 1.34. The Hall–Kier alpha value is -0.0800. The van der Waals surface area contributed by atoms with E-state index in [9.17, 15) is 0 Å². The molecule has 0 radical (unpaired) electrons. The summed E-state index contributed by atoms with van der Waals surface area (Å²) in [6, 6.07) is 0. The van der Waals surface area contributed by atoms with Gasteiger partial charge in [-0.3, -0.25) is 0 Å². The molecule has 0 fully saturated rings. The summed E-state index contributed by atoms with van der Waals surface area (Å²) < 4.78 is 5.47. The van der Waals surface area contributed by atoms with Crippen molar-refractivity contribution in [3.63, 3.8) is 0 Å². The minimum Gasteiger partial charge on any atom is -0.375 e. The highest BCUT2D eigenvalue weighted by molar-refractivity contribution is 4.70. The first kappa shape index (κ1) is 9.92. The normalized spacial score (nSPS) is 12.0. The van der Waals surface area contributed by atoms with Crippen LogP contribution in [0.2, 0.25) is 0 Å². The number of likely N-dealkylation sites (N-methyl/N-ethyl adjacent to an activating group) is 1. The van der Waals surface area contributed by atoms with E-state index in [2.05, 4.69) is 26.1 Å². The average molecular weight is 145 g/mol. The van der Waals surface area contributed by atoms with Gasteiger partial charge in [-0.1, -0.05) is 6.92 Å². The number of rotatable bonds is 5. The molecule has 0 saturated heterocycles. The molecule has 0 aromatic carbocycles. The fourth-order valence-corrected chi connectivity index (χ4v) is 0.868. The van der Waals surface area contributed by atoms with Gasteiger partial charge in [0, 0.05) is 13.2 Å². The highest BCUT2D eigenvalue weighted by atomic mass is 16.5. The molecule has 0 aliphatic carbocycles. The van der Waals surface area contributed by atoms with Crippen LogP contribution >= 0.6 is 0 Å². The average Bonchev–Trinajstić information content (AvgIpc) is 1.84. The van der Waals surface area contributed by atoms with Crippen LogP contribution in [-0.4, -0.2) is 25.3 Å². The fraction of sp³-hybridized carbons (Fsp3) is 1.00. The maximum atomic E-state index is 5.47. The van der Waals surface area contributed by atoms with Crippen molar-refractivity contribution in [2.45, 2.75) is 33.3 Å². The van der Waals surface area contributed by atoms with Crippen molar-refractivity contribution < 1.29 is 4.74 Å². The molecule has 0 saturated carbocycles. The summed E-state index contributed by atoms with van der Waals surface area (Å²) in [4.78, 5) is 0. The van der Waals surface area contributed by atoms with E-state index in [1.807, 2.05) is 6.92 Å². The Morgan fingerprint density at radius 2 is 1.90 bits per heavy atom. The van der Waals surface area contributed by atoms with E-state index in [1.165, 1.54) is 0 Å². The Bertz CT molecular complexity index is 81.3. The Morgan fingerprint density at radius 1 is 1.30 bits per heavy atom. The molecule has 0 aliphatic rings. The third kappa shape index (κ3) is 4.77. The van der Waals surface area contributed by atoms with E-state index >= 15 is 0 Å². The molecule has 10 heavy (non-hydrogen) atoms. The van der Waals surface area contributed by atoms with E-state index < -0.39 is 0 Å². The zero-order chi connectivity index (χ0) is 8.04. The maximum absolute atomic E-state index is 5.47. The summed E-state index contributed by atoms with van der Waals surface area (Å²) in [6.45, 7) is 11.0. The molecule has 0 aromatic heterocycles. The molecule has 2 nitrogen and oxygen atoms in total. The molecule has 62 valence electrons. The van der Waals surface area contributed by atoms with Crippen LogP contribution in [-0.2, 0) is 4.74 Å². The summed E-state index contributed by atoms with van der Waals surface area (Å²) in [5.74, 6) is 0. The maximum Gasteiger partial charge on any atom is 0.0750 e. The number of ether oxygens (including phenoxy) is 1. The zero-order valence-electron chi connectivity index (χ0n) is 7.53. The Morgan fingerprint density at radius 3 is 2.30 bits per heavy atom. The lowest BCUT2D eigenvalue weighted by Crippen LogP contribution is -2.37. The standard InChI is InChI=1S/C8H19NO/c1-5-9-7-8(3,4)10-6-2/h9H,5-7H2,1-4H3. The molecule has 0 amide bonds. The highest BCUT2D eigenvalue weighted by Gasteiger charge is 2.15. The Labute approximate surface area is 64.0 Å². The predicted octanol–water partition coefficient (Wildman–Crippen LogP) is 1.41. The van der Waals surface area contributed by atoms with Gasteiger partial charge >= 0.3 is 0 Å². The van der Waals surface area contributed by atoms with Crippen molar-refractivity contribution in [3.8, 4) is 0 Å². The first-order chi connectivity index (χ1) is 4.62. The molecule has 2 heteroatoms. The van der Waals surface area contributed by atoms with Gasteiger partial charge < -0.3 is 10.1 Å². The summed E-state index contributed by atoms with van der Waals surface area (Å²) in [5, 5.41) is 3.25. The van der Waals surface area contributed by atoms with Crippen LogP contribution in [0, 0.1) is 0 Å². The second-order valence-corrected chi connectivity index (χ2v) is 2.97. The smallest absolute Gasteiger partial charge is 0.0750 e. The lowest BCUT2D eigenvalue weighted by molar-refractivity contribution is -0.00839. The van der Waals surface area contributed by atoms with Crippen molar-refractivity contribution in [3.05, 3.63) is 0 Å². The summed E-state index contributed by atoms with van der Waals surface area (Å²) >= 11 is 0. The molecule has 0 heterocycles. The number of nitrogens with one attached hydrogen (secondary N) is 1. The van der Waals surface area contributed by atoms with Gasteiger partial charge in [-0.25, -0.2) is 0 Å². The van der Waals surface area contributed by atoms with Crippen molar-refractivity contribution in [1.82, 2.24) is 5.32 Å². The second kappa shape index (κ2) is 4.69. The van der Waals surface area contributed by atoms with Crippen molar-refractivity contribution in [1.29, 1.82) is 0 Å². The molecule has 0 bridgehead atoms. The fourth-order valence-electron chi connectivity index (χ4n) is 0.868. The molecule has 0 atom stereocenters. The van der Waals surface area contributed by atoms with E-state index in [0.717, 1.165) is 19.7 Å². The van der Waals surface area contributed by atoms with Crippen LogP contribution in [0.25, 0.3) is 0 Å². The lowest BCUT2D eigenvalue weighted by Gasteiger charge is -2.24. The zero-order valence-corrected chi connectivity index (χ0v) is 7.53. The third-order valence-corrected chi connectivity index (χ3v) is 1.34. The molecule has 0 aromatic rings. The number of hydrogen-bond acceptors (Lipinski definition) is 2. The van der Waals surface area contributed by atoms with Crippen LogP contribution in [0.15, 0.2) is 0 Å². The van der Waals surface area contributed by atoms with Crippen LogP contribution in [0.1, 0.15) is 27.7 Å². The minimum absolute atomic E-state index is 0.00917. The van der Waals surface area contributed by atoms with Gasteiger partial charge in [-0.05, 0) is 27.3 Å². The van der Waals surface area contributed by atoms with Gasteiger partial charge in [0.1, 0.15) is 0 Å². The topological polar surface area (TPSA) is 21.3 Å². The van der Waals surface area contributed by atoms with Crippen LogP contribution < -0.4 is 5.32 Å². The Balaban J connectivity index is 3.42. The van der Waals surface area contributed by atoms with Gasteiger partial charge in [0.05, 0.1) is 5.60 Å². The first-order valence-electron chi connectivity index (χ1n) is 3.97. The quantitative estimate of drug-likeness (QED) is 0.631. The van der Waals surface area contributed by atoms with Gasteiger partial charge in [0.25, 0.3) is 0 Å². The SMILES string of the molecule is CCNCC(C)(C)OCC. The molecule has 0 aliphatic heterocycles. The molecular formula is C8H19NO. The van der Waals surface area contributed by atoms with Crippen molar-refractivity contribution in [2.24, 2.45) is 0 Å². The Kier molecular flexibility index (Phi) is 4.65.